The van der Waals surface area contributed by atoms with E-state index in [0.29, 0.717) is 35.8 Å². The Labute approximate surface area is 176 Å². The molecule has 162 valence electrons. The van der Waals surface area contributed by atoms with Crippen LogP contribution in [-0.4, -0.2) is 53.0 Å². The predicted molar refractivity (Wildman–Crippen MR) is 113 cm³/mol. The molecule has 0 spiro atoms. The summed E-state index contributed by atoms with van der Waals surface area (Å²) in [6.07, 6.45) is 2.68. The van der Waals surface area contributed by atoms with Crippen LogP contribution >= 0.6 is 0 Å². The Morgan fingerprint density at radius 1 is 0.900 bits per heavy atom. The van der Waals surface area contributed by atoms with Crippen molar-refractivity contribution < 1.29 is 27.4 Å². The van der Waals surface area contributed by atoms with E-state index in [4.69, 9.17) is 14.2 Å². The van der Waals surface area contributed by atoms with Crippen LogP contribution in [0.3, 0.4) is 0 Å². The maximum absolute atomic E-state index is 13.1. The lowest BCUT2D eigenvalue weighted by atomic mass is 10.1. The Hall–Kier alpha value is -2.78. The van der Waals surface area contributed by atoms with Gasteiger partial charge in [0, 0.05) is 30.4 Å². The molecular weight excluding hydrogens is 408 g/mol. The Morgan fingerprint density at radius 2 is 1.53 bits per heavy atom. The molecule has 1 fully saturated rings. The van der Waals surface area contributed by atoms with E-state index in [-0.39, 0.29) is 10.6 Å². The van der Waals surface area contributed by atoms with E-state index in [0.717, 1.165) is 19.3 Å². The molecule has 0 aliphatic carbocycles. The fourth-order valence-corrected chi connectivity index (χ4v) is 5.04. The van der Waals surface area contributed by atoms with Gasteiger partial charge in [-0.1, -0.05) is 6.42 Å². The van der Waals surface area contributed by atoms with E-state index < -0.39 is 15.9 Å². The van der Waals surface area contributed by atoms with Crippen LogP contribution in [0.25, 0.3) is 0 Å². The number of hydrogen-bond donors (Lipinski definition) is 1. The van der Waals surface area contributed by atoms with Gasteiger partial charge in [-0.2, -0.15) is 4.31 Å². The zero-order valence-electron chi connectivity index (χ0n) is 17.3. The molecule has 0 atom stereocenters. The average Bonchev–Trinajstić information content (AvgIpc) is 2.79. The lowest BCUT2D eigenvalue weighted by Gasteiger charge is -2.26. The number of piperidine rings is 1. The largest absolute Gasteiger partial charge is 0.497 e. The molecule has 1 heterocycles. The minimum Gasteiger partial charge on any atom is -0.497 e. The molecule has 2 aromatic rings. The first-order chi connectivity index (χ1) is 14.4. The number of amides is 1. The second-order valence-corrected chi connectivity index (χ2v) is 8.79. The highest BCUT2D eigenvalue weighted by atomic mass is 32.2. The molecule has 0 saturated carbocycles. The van der Waals surface area contributed by atoms with Crippen LogP contribution in [0.1, 0.15) is 29.6 Å². The topological polar surface area (TPSA) is 94.2 Å². The van der Waals surface area contributed by atoms with Gasteiger partial charge in [-0.15, -0.1) is 0 Å². The van der Waals surface area contributed by atoms with Crippen molar-refractivity contribution in [3.05, 3.63) is 42.0 Å². The maximum Gasteiger partial charge on any atom is 0.255 e. The third kappa shape index (κ3) is 4.68. The fourth-order valence-electron chi connectivity index (χ4n) is 3.34. The number of nitrogens with one attached hydrogen (secondary N) is 1. The van der Waals surface area contributed by atoms with E-state index in [1.54, 1.807) is 30.3 Å². The Balaban J connectivity index is 1.91. The molecule has 0 bridgehead atoms. The van der Waals surface area contributed by atoms with Gasteiger partial charge < -0.3 is 19.5 Å². The number of nitrogens with zero attached hydrogens (tertiary/aromatic N) is 1. The molecule has 9 heteroatoms. The zero-order valence-corrected chi connectivity index (χ0v) is 18.1. The molecule has 1 amide bonds. The smallest absolute Gasteiger partial charge is 0.255 e. The molecule has 1 N–H and O–H groups in total. The van der Waals surface area contributed by atoms with Crippen LogP contribution in [0.4, 0.5) is 5.69 Å². The van der Waals surface area contributed by atoms with E-state index >= 15 is 0 Å². The van der Waals surface area contributed by atoms with Gasteiger partial charge >= 0.3 is 0 Å². The predicted octanol–water partition coefficient (Wildman–Crippen LogP) is 3.14. The van der Waals surface area contributed by atoms with Gasteiger partial charge in [0.05, 0.1) is 21.3 Å². The minimum absolute atomic E-state index is 0.0351. The zero-order chi connectivity index (χ0) is 21.7. The van der Waals surface area contributed by atoms with Crippen LogP contribution in [0, 0.1) is 0 Å². The summed E-state index contributed by atoms with van der Waals surface area (Å²) >= 11 is 0. The molecule has 2 aromatic carbocycles. The average molecular weight is 435 g/mol. The second kappa shape index (κ2) is 9.36. The van der Waals surface area contributed by atoms with E-state index in [1.807, 2.05) is 0 Å². The summed E-state index contributed by atoms with van der Waals surface area (Å²) in [6.45, 7) is 0.956. The van der Waals surface area contributed by atoms with Crippen molar-refractivity contribution in [3.8, 4) is 17.2 Å². The van der Waals surface area contributed by atoms with Gasteiger partial charge in [-0.3, -0.25) is 4.79 Å². The third-order valence-corrected chi connectivity index (χ3v) is 6.89. The summed E-state index contributed by atoms with van der Waals surface area (Å²) in [4.78, 5) is 12.8. The molecule has 0 radical (unpaired) electrons. The van der Waals surface area contributed by atoms with Crippen LogP contribution in [0.5, 0.6) is 17.2 Å². The quantitative estimate of drug-likeness (QED) is 0.720. The van der Waals surface area contributed by atoms with Crippen LogP contribution in [-0.2, 0) is 10.0 Å². The summed E-state index contributed by atoms with van der Waals surface area (Å²) in [5, 5.41) is 2.74. The van der Waals surface area contributed by atoms with Crippen molar-refractivity contribution in [3.63, 3.8) is 0 Å². The summed E-state index contributed by atoms with van der Waals surface area (Å²) in [6, 6.07) is 9.38. The lowest BCUT2D eigenvalue weighted by molar-refractivity contribution is 0.102. The maximum atomic E-state index is 13.1. The number of rotatable bonds is 7. The Bertz CT molecular complexity index is 994. The van der Waals surface area contributed by atoms with Crippen molar-refractivity contribution >= 4 is 21.6 Å². The van der Waals surface area contributed by atoms with E-state index in [1.165, 1.54) is 31.7 Å². The molecular formula is C21H26N2O6S. The van der Waals surface area contributed by atoms with Crippen molar-refractivity contribution in [2.24, 2.45) is 0 Å². The SMILES string of the molecule is COc1cc(OC)cc(C(=O)Nc2ccc(OC)c(S(=O)(=O)N3CCCCC3)c2)c1. The van der Waals surface area contributed by atoms with Crippen molar-refractivity contribution in [2.45, 2.75) is 24.2 Å². The van der Waals surface area contributed by atoms with Gasteiger partial charge in [0.25, 0.3) is 5.91 Å². The Kier molecular flexibility index (Phi) is 6.84. The van der Waals surface area contributed by atoms with E-state index in [2.05, 4.69) is 5.32 Å². The molecule has 0 aromatic heterocycles. The fraction of sp³-hybridized carbons (Fsp3) is 0.381. The van der Waals surface area contributed by atoms with Crippen molar-refractivity contribution in [1.82, 2.24) is 4.31 Å². The molecule has 1 saturated heterocycles. The van der Waals surface area contributed by atoms with Gasteiger partial charge in [-0.05, 0) is 43.2 Å². The summed E-state index contributed by atoms with van der Waals surface area (Å²) < 4.78 is 43.4. The molecule has 1 aliphatic heterocycles. The number of hydrogen-bond acceptors (Lipinski definition) is 6. The number of carbonyl (C=O) groups excluding carboxylic acids is 1. The van der Waals surface area contributed by atoms with Gasteiger partial charge in [0.1, 0.15) is 22.1 Å². The molecule has 1 aliphatic rings. The van der Waals surface area contributed by atoms with E-state index in [9.17, 15) is 13.2 Å². The third-order valence-electron chi connectivity index (χ3n) is 4.97. The van der Waals surface area contributed by atoms with Gasteiger partial charge in [-0.25, -0.2) is 8.42 Å². The second-order valence-electron chi connectivity index (χ2n) is 6.89. The number of benzene rings is 2. The van der Waals surface area contributed by atoms with Crippen LogP contribution in [0.2, 0.25) is 0 Å². The first kappa shape index (κ1) is 21.9. The highest BCUT2D eigenvalue weighted by molar-refractivity contribution is 7.89. The van der Waals surface area contributed by atoms with Crippen LogP contribution in [0.15, 0.2) is 41.3 Å². The highest BCUT2D eigenvalue weighted by Gasteiger charge is 2.29. The number of carbonyl (C=O) groups is 1. The van der Waals surface area contributed by atoms with Crippen molar-refractivity contribution in [2.75, 3.05) is 39.7 Å². The summed E-state index contributed by atoms with van der Waals surface area (Å²) in [7, 11) is 0.685. The number of methoxy groups -OCH3 is 3. The normalized spacial score (nSPS) is 14.8. The number of ether oxygens (including phenoxy) is 3. The first-order valence-corrected chi connectivity index (χ1v) is 11.1. The summed E-state index contributed by atoms with van der Waals surface area (Å²) in [5.74, 6) is 0.769. The standard InChI is InChI=1S/C21H26N2O6S/c1-27-17-11-15(12-18(14-17)28-2)21(24)22-16-7-8-19(29-3)20(13-16)30(25,26)23-9-5-4-6-10-23/h7-8,11-14H,4-6,9-10H2,1-3H3,(H,22,24). The first-order valence-electron chi connectivity index (χ1n) is 9.61. The van der Waals surface area contributed by atoms with Crippen molar-refractivity contribution in [1.29, 1.82) is 0 Å². The number of anilines is 1. The number of sulfonamides is 1. The molecule has 30 heavy (non-hydrogen) atoms. The van der Waals surface area contributed by atoms with Gasteiger partial charge in [0.15, 0.2) is 0 Å². The molecule has 8 nitrogen and oxygen atoms in total. The van der Waals surface area contributed by atoms with Gasteiger partial charge in [0.2, 0.25) is 10.0 Å². The molecule has 0 unspecified atom stereocenters. The molecule has 3 rings (SSSR count). The monoisotopic (exact) mass is 434 g/mol. The highest BCUT2D eigenvalue weighted by Crippen LogP contribution is 2.31. The Morgan fingerprint density at radius 3 is 2.10 bits per heavy atom. The minimum atomic E-state index is -3.73. The lowest BCUT2D eigenvalue weighted by Crippen LogP contribution is -2.35. The summed E-state index contributed by atoms with van der Waals surface area (Å²) in [5.41, 5.74) is 0.667. The van der Waals surface area contributed by atoms with Crippen LogP contribution < -0.4 is 19.5 Å².